The third kappa shape index (κ3) is 2.69. The summed E-state index contributed by atoms with van der Waals surface area (Å²) in [6.07, 6.45) is 2.12. The molecule has 118 valence electrons. The number of hydrogen-bond acceptors (Lipinski definition) is 3. The van der Waals surface area contributed by atoms with Crippen LogP contribution in [0.4, 0.5) is 0 Å². The highest BCUT2D eigenvalue weighted by atomic mass is 35.5. The summed E-state index contributed by atoms with van der Waals surface area (Å²) in [4.78, 5) is 27.4. The molecular weight excluding hydrogens is 292 g/mol. The predicted molar refractivity (Wildman–Crippen MR) is 83.2 cm³/mol. The van der Waals surface area contributed by atoms with E-state index in [9.17, 15) is 9.59 Å². The quantitative estimate of drug-likeness (QED) is 0.849. The molecule has 1 aromatic rings. The van der Waals surface area contributed by atoms with Gasteiger partial charge in [0.25, 0.3) is 5.56 Å². The molecule has 1 aliphatic carbocycles. The van der Waals surface area contributed by atoms with Crippen molar-refractivity contribution in [1.29, 1.82) is 0 Å². The number of nitrogens with one attached hydrogen (secondary N) is 1. The van der Waals surface area contributed by atoms with Gasteiger partial charge in [-0.1, -0.05) is 38.8 Å². The zero-order valence-electron chi connectivity index (χ0n) is 13.0. The maximum atomic E-state index is 12.6. The molecule has 2 rings (SSSR count). The SMILES string of the molecule is CCCc1c(Cl)[nH]c(=O)n(C2CC(OCC)C2(C)C)c1=O. The number of ether oxygens (including phenoxy) is 1. The molecule has 0 bridgehead atoms. The Morgan fingerprint density at radius 1 is 1.38 bits per heavy atom. The van der Waals surface area contributed by atoms with Crippen molar-refractivity contribution in [2.24, 2.45) is 5.41 Å². The van der Waals surface area contributed by atoms with Crippen LogP contribution in [-0.4, -0.2) is 22.3 Å². The highest BCUT2D eigenvalue weighted by Gasteiger charge is 2.51. The number of aromatic nitrogens is 2. The molecule has 0 aliphatic heterocycles. The van der Waals surface area contributed by atoms with Crippen molar-refractivity contribution in [1.82, 2.24) is 9.55 Å². The lowest BCUT2D eigenvalue weighted by molar-refractivity contribution is -0.129. The molecule has 2 unspecified atom stereocenters. The number of nitrogens with zero attached hydrogens (tertiary/aromatic N) is 1. The summed E-state index contributed by atoms with van der Waals surface area (Å²) in [6, 6.07) is -0.154. The second-order valence-electron chi connectivity index (χ2n) is 6.16. The first-order chi connectivity index (χ1) is 9.84. The molecule has 2 atom stereocenters. The summed E-state index contributed by atoms with van der Waals surface area (Å²) < 4.78 is 7.00. The summed E-state index contributed by atoms with van der Waals surface area (Å²) in [5, 5.41) is 0.168. The van der Waals surface area contributed by atoms with Gasteiger partial charge in [0, 0.05) is 12.0 Å². The van der Waals surface area contributed by atoms with Gasteiger partial charge in [0.05, 0.1) is 17.7 Å². The van der Waals surface area contributed by atoms with Gasteiger partial charge in [-0.05, 0) is 19.8 Å². The largest absolute Gasteiger partial charge is 0.378 e. The molecule has 5 nitrogen and oxygen atoms in total. The third-order valence-corrected chi connectivity index (χ3v) is 4.81. The van der Waals surface area contributed by atoms with Gasteiger partial charge in [-0.2, -0.15) is 0 Å². The van der Waals surface area contributed by atoms with Crippen LogP contribution in [0.15, 0.2) is 9.59 Å². The fourth-order valence-electron chi connectivity index (χ4n) is 3.10. The van der Waals surface area contributed by atoms with Crippen molar-refractivity contribution < 1.29 is 4.74 Å². The van der Waals surface area contributed by atoms with E-state index in [0.717, 1.165) is 6.42 Å². The Morgan fingerprint density at radius 2 is 2.05 bits per heavy atom. The van der Waals surface area contributed by atoms with Gasteiger partial charge in [-0.25, -0.2) is 4.79 Å². The van der Waals surface area contributed by atoms with Crippen LogP contribution in [0.2, 0.25) is 5.15 Å². The Hall–Kier alpha value is -1.07. The standard InChI is InChI=1S/C15H23ClN2O3/c1-5-7-9-12(16)17-14(20)18(13(9)19)10-8-11(21-6-2)15(10,3)4/h10-11H,5-8H2,1-4H3,(H,17,20). The molecule has 1 N–H and O–H groups in total. The molecule has 1 aromatic heterocycles. The summed E-state index contributed by atoms with van der Waals surface area (Å²) in [5.74, 6) is 0. The lowest BCUT2D eigenvalue weighted by Gasteiger charge is -2.51. The molecule has 1 fully saturated rings. The lowest BCUT2D eigenvalue weighted by atomic mass is 9.64. The van der Waals surface area contributed by atoms with Gasteiger partial charge < -0.3 is 4.74 Å². The minimum absolute atomic E-state index is 0.0732. The van der Waals surface area contributed by atoms with Crippen LogP contribution in [0.3, 0.4) is 0 Å². The molecule has 0 aromatic carbocycles. The normalized spacial score (nSPS) is 23.9. The molecule has 0 spiro atoms. The van der Waals surface area contributed by atoms with Crippen molar-refractivity contribution in [3.63, 3.8) is 0 Å². The van der Waals surface area contributed by atoms with Crippen LogP contribution >= 0.6 is 11.6 Å². The summed E-state index contributed by atoms with van der Waals surface area (Å²) >= 11 is 6.01. The number of aromatic amines is 1. The van der Waals surface area contributed by atoms with Crippen LogP contribution in [-0.2, 0) is 11.2 Å². The van der Waals surface area contributed by atoms with E-state index < -0.39 is 5.69 Å². The zero-order chi connectivity index (χ0) is 15.8. The van der Waals surface area contributed by atoms with Gasteiger partial charge in [-0.3, -0.25) is 14.3 Å². The molecule has 0 radical (unpaired) electrons. The van der Waals surface area contributed by atoms with Crippen LogP contribution in [0.5, 0.6) is 0 Å². The average Bonchev–Trinajstić information content (AvgIpc) is 2.41. The minimum atomic E-state index is -0.433. The van der Waals surface area contributed by atoms with Crippen LogP contribution in [0.1, 0.15) is 52.1 Å². The lowest BCUT2D eigenvalue weighted by Crippen LogP contribution is -2.57. The van der Waals surface area contributed by atoms with Gasteiger partial charge in [-0.15, -0.1) is 0 Å². The number of hydrogen-bond donors (Lipinski definition) is 1. The Bertz CT molecular complexity index is 633. The van der Waals surface area contributed by atoms with E-state index in [4.69, 9.17) is 16.3 Å². The molecule has 6 heteroatoms. The molecular formula is C15H23ClN2O3. The Kier molecular flexibility index (Phi) is 4.63. The van der Waals surface area contributed by atoms with Crippen LogP contribution in [0, 0.1) is 5.41 Å². The van der Waals surface area contributed by atoms with E-state index in [1.54, 1.807) is 0 Å². The van der Waals surface area contributed by atoms with E-state index in [0.29, 0.717) is 25.0 Å². The van der Waals surface area contributed by atoms with E-state index in [1.807, 2.05) is 27.7 Å². The van der Waals surface area contributed by atoms with Crippen molar-refractivity contribution in [3.8, 4) is 0 Å². The molecule has 0 amide bonds. The average molecular weight is 315 g/mol. The molecule has 1 aliphatic rings. The van der Waals surface area contributed by atoms with Crippen molar-refractivity contribution in [2.75, 3.05) is 6.61 Å². The Labute approximate surface area is 129 Å². The Balaban J connectivity index is 2.45. The molecule has 1 heterocycles. The van der Waals surface area contributed by atoms with E-state index in [2.05, 4.69) is 4.98 Å². The molecule has 1 saturated carbocycles. The topological polar surface area (TPSA) is 64.1 Å². The highest BCUT2D eigenvalue weighted by Crippen LogP contribution is 2.50. The molecule has 21 heavy (non-hydrogen) atoms. The first-order valence-electron chi connectivity index (χ1n) is 7.49. The monoisotopic (exact) mass is 314 g/mol. The van der Waals surface area contributed by atoms with Gasteiger partial charge >= 0.3 is 5.69 Å². The van der Waals surface area contributed by atoms with Crippen molar-refractivity contribution in [3.05, 3.63) is 31.6 Å². The summed E-state index contributed by atoms with van der Waals surface area (Å²) in [6.45, 7) is 8.62. The first-order valence-corrected chi connectivity index (χ1v) is 7.87. The summed E-state index contributed by atoms with van der Waals surface area (Å²) in [7, 11) is 0. The maximum absolute atomic E-state index is 12.6. The fraction of sp³-hybridized carbons (Fsp3) is 0.733. The number of H-pyrrole nitrogens is 1. The number of rotatable bonds is 5. The van der Waals surface area contributed by atoms with Crippen LogP contribution < -0.4 is 11.2 Å². The minimum Gasteiger partial charge on any atom is -0.378 e. The maximum Gasteiger partial charge on any atom is 0.329 e. The first kappa shape index (κ1) is 16.3. The van der Waals surface area contributed by atoms with Gasteiger partial charge in [0.2, 0.25) is 0 Å². The Morgan fingerprint density at radius 3 is 2.57 bits per heavy atom. The van der Waals surface area contributed by atoms with Crippen LogP contribution in [0.25, 0.3) is 0 Å². The van der Waals surface area contributed by atoms with E-state index >= 15 is 0 Å². The van der Waals surface area contributed by atoms with E-state index in [-0.39, 0.29) is 28.3 Å². The fourth-order valence-corrected chi connectivity index (χ4v) is 3.35. The summed E-state index contributed by atoms with van der Waals surface area (Å²) in [5.41, 5.74) is -0.449. The molecule has 0 saturated heterocycles. The smallest absolute Gasteiger partial charge is 0.329 e. The zero-order valence-corrected chi connectivity index (χ0v) is 13.8. The highest BCUT2D eigenvalue weighted by molar-refractivity contribution is 6.30. The predicted octanol–water partition coefficient (Wildman–Crippen LogP) is 2.52. The van der Waals surface area contributed by atoms with E-state index in [1.165, 1.54) is 4.57 Å². The second-order valence-corrected chi connectivity index (χ2v) is 6.54. The second kappa shape index (κ2) is 5.97. The third-order valence-electron chi connectivity index (χ3n) is 4.48. The van der Waals surface area contributed by atoms with Crippen molar-refractivity contribution >= 4 is 11.6 Å². The number of halogens is 1. The van der Waals surface area contributed by atoms with Gasteiger partial charge in [0.15, 0.2) is 0 Å². The van der Waals surface area contributed by atoms with Crippen molar-refractivity contribution in [2.45, 2.75) is 59.1 Å². The van der Waals surface area contributed by atoms with Gasteiger partial charge in [0.1, 0.15) is 5.15 Å².